The van der Waals surface area contributed by atoms with Crippen molar-refractivity contribution in [3.63, 3.8) is 0 Å². The number of anilines is 4. The Balaban J connectivity index is 1.80. The molecule has 0 saturated carbocycles. The van der Waals surface area contributed by atoms with Crippen LogP contribution in [0, 0.1) is 23.0 Å². The van der Waals surface area contributed by atoms with E-state index in [0.29, 0.717) is 16.1 Å². The number of fused-ring (bicyclic) bond motifs is 3. The van der Waals surface area contributed by atoms with Gasteiger partial charge < -0.3 is 15.7 Å². The molecule has 0 unspecified atom stereocenters. The van der Waals surface area contributed by atoms with Crippen LogP contribution in [0.4, 0.5) is 36.5 Å². The lowest BCUT2D eigenvalue weighted by Gasteiger charge is -2.28. The first kappa shape index (κ1) is 25.8. The number of urea groups is 1. The fourth-order valence-corrected chi connectivity index (χ4v) is 4.20. The number of carbonyl (C=O) groups is 2. The lowest BCUT2D eigenvalue weighted by atomic mass is 10.0. The summed E-state index contributed by atoms with van der Waals surface area (Å²) in [5.41, 5.74) is 0.658. The fourth-order valence-electron chi connectivity index (χ4n) is 4.05. The van der Waals surface area contributed by atoms with Crippen molar-refractivity contribution in [2.45, 2.75) is 6.92 Å². The average molecular weight is 527 g/mol. The SMILES string of the molecule is CCN1C(=O)N(c2c(F)cc(NCCNCC(=O)O)cc2F)c2cc(C#N)ccc2-c2cc(Cl)cnc21. The molecule has 1 aromatic heterocycles. The Morgan fingerprint density at radius 3 is 2.54 bits per heavy atom. The Morgan fingerprint density at radius 2 is 1.89 bits per heavy atom. The van der Waals surface area contributed by atoms with Gasteiger partial charge >= 0.3 is 12.0 Å². The molecule has 1 aliphatic heterocycles. The number of nitrogens with zero attached hydrogens (tertiary/aromatic N) is 4. The zero-order valence-corrected chi connectivity index (χ0v) is 20.3. The highest BCUT2D eigenvalue weighted by atomic mass is 35.5. The second kappa shape index (κ2) is 10.8. The number of nitriles is 1. The first-order valence-corrected chi connectivity index (χ1v) is 11.6. The van der Waals surface area contributed by atoms with E-state index >= 15 is 8.78 Å². The number of amides is 2. The number of hydrogen-bond acceptors (Lipinski definition) is 6. The maximum Gasteiger partial charge on any atom is 0.334 e. The largest absolute Gasteiger partial charge is 0.480 e. The van der Waals surface area contributed by atoms with Crippen molar-refractivity contribution in [1.29, 1.82) is 5.26 Å². The third-order valence-corrected chi connectivity index (χ3v) is 5.84. The standard InChI is InChI=1S/C25H21ClF2N6O3/c1-2-33-24-18(8-15(26)12-32-24)17-4-3-14(11-29)7-21(17)34(25(33)37)23-19(27)9-16(10-20(23)28)31-6-5-30-13-22(35)36/h3-4,7-10,12,30-31H,2,5-6,13H2,1H3,(H,35,36). The van der Waals surface area contributed by atoms with Crippen molar-refractivity contribution < 1.29 is 23.5 Å². The summed E-state index contributed by atoms with van der Waals surface area (Å²) in [5, 5.41) is 23.9. The van der Waals surface area contributed by atoms with E-state index in [9.17, 15) is 14.9 Å². The summed E-state index contributed by atoms with van der Waals surface area (Å²) in [5.74, 6) is -2.80. The van der Waals surface area contributed by atoms with Gasteiger partial charge in [0.1, 0.15) is 11.5 Å². The van der Waals surface area contributed by atoms with Crippen molar-refractivity contribution in [3.05, 3.63) is 64.8 Å². The number of nitrogens with one attached hydrogen (secondary N) is 2. The van der Waals surface area contributed by atoms with E-state index in [1.807, 2.05) is 6.07 Å². The highest BCUT2D eigenvalue weighted by Crippen LogP contribution is 2.45. The van der Waals surface area contributed by atoms with Crippen molar-refractivity contribution >= 4 is 46.5 Å². The molecule has 190 valence electrons. The van der Waals surface area contributed by atoms with E-state index in [-0.39, 0.29) is 48.9 Å². The van der Waals surface area contributed by atoms with Crippen molar-refractivity contribution in [2.24, 2.45) is 0 Å². The summed E-state index contributed by atoms with van der Waals surface area (Å²) >= 11 is 6.19. The number of carboxylic acids is 1. The van der Waals surface area contributed by atoms with Crippen molar-refractivity contribution in [3.8, 4) is 17.2 Å². The van der Waals surface area contributed by atoms with E-state index in [2.05, 4.69) is 15.6 Å². The van der Waals surface area contributed by atoms with Crippen LogP contribution in [-0.2, 0) is 4.79 Å². The van der Waals surface area contributed by atoms with Crippen LogP contribution in [-0.4, -0.2) is 48.3 Å². The van der Waals surface area contributed by atoms with Gasteiger partial charge in [0.05, 0.1) is 28.9 Å². The second-order valence-electron chi connectivity index (χ2n) is 8.02. The van der Waals surface area contributed by atoms with E-state index < -0.39 is 29.3 Å². The van der Waals surface area contributed by atoms with Crippen LogP contribution in [0.3, 0.4) is 0 Å². The lowest BCUT2D eigenvalue weighted by Crippen LogP contribution is -2.41. The molecule has 0 fully saturated rings. The van der Waals surface area contributed by atoms with Crippen LogP contribution in [0.15, 0.2) is 42.6 Å². The smallest absolute Gasteiger partial charge is 0.334 e. The van der Waals surface area contributed by atoms with Crippen LogP contribution in [0.5, 0.6) is 0 Å². The first-order valence-electron chi connectivity index (χ1n) is 11.2. The van der Waals surface area contributed by atoms with Gasteiger partial charge in [-0.15, -0.1) is 0 Å². The van der Waals surface area contributed by atoms with Gasteiger partial charge in [-0.3, -0.25) is 14.6 Å². The van der Waals surface area contributed by atoms with Crippen LogP contribution in [0.2, 0.25) is 5.02 Å². The minimum atomic E-state index is -1.02. The van der Waals surface area contributed by atoms with Crippen molar-refractivity contribution in [2.75, 3.05) is 41.3 Å². The topological polar surface area (TPSA) is 122 Å². The Labute approximate surface area is 215 Å². The third kappa shape index (κ3) is 5.16. The number of aromatic nitrogens is 1. The molecule has 0 bridgehead atoms. The van der Waals surface area contributed by atoms with E-state index in [4.69, 9.17) is 16.7 Å². The zero-order chi connectivity index (χ0) is 26.7. The zero-order valence-electron chi connectivity index (χ0n) is 19.6. The summed E-state index contributed by atoms with van der Waals surface area (Å²) in [6.45, 7) is 2.04. The molecule has 0 aliphatic carbocycles. The molecule has 0 radical (unpaired) electrons. The summed E-state index contributed by atoms with van der Waals surface area (Å²) < 4.78 is 31.0. The van der Waals surface area contributed by atoms with Gasteiger partial charge in [0.15, 0.2) is 11.6 Å². The normalized spacial score (nSPS) is 12.5. The predicted molar refractivity (Wildman–Crippen MR) is 135 cm³/mol. The molecule has 2 amide bonds. The number of rotatable bonds is 8. The summed E-state index contributed by atoms with van der Waals surface area (Å²) in [6.07, 6.45) is 1.38. The third-order valence-electron chi connectivity index (χ3n) is 5.63. The molecule has 3 N–H and O–H groups in total. The van der Waals surface area contributed by atoms with Crippen LogP contribution < -0.4 is 20.4 Å². The fraction of sp³-hybridized carbons (Fsp3) is 0.200. The molecule has 37 heavy (non-hydrogen) atoms. The molecule has 2 aromatic carbocycles. The molecular weight excluding hydrogens is 506 g/mol. The Hall–Kier alpha value is -4.27. The van der Waals surface area contributed by atoms with Crippen molar-refractivity contribution in [1.82, 2.24) is 10.3 Å². The molecule has 2 heterocycles. The first-order chi connectivity index (χ1) is 17.7. The minimum absolute atomic E-state index is 0.0988. The van der Waals surface area contributed by atoms with Gasteiger partial charge in [-0.1, -0.05) is 17.7 Å². The van der Waals surface area contributed by atoms with E-state index in [0.717, 1.165) is 17.0 Å². The number of pyridine rings is 1. The highest BCUT2D eigenvalue weighted by Gasteiger charge is 2.36. The summed E-state index contributed by atoms with van der Waals surface area (Å²) in [4.78, 5) is 30.8. The van der Waals surface area contributed by atoms with Gasteiger partial charge in [-0.25, -0.2) is 18.6 Å². The number of carbonyl (C=O) groups excluding carboxylic acids is 1. The summed E-state index contributed by atoms with van der Waals surface area (Å²) in [6, 6.07) is 9.42. The van der Waals surface area contributed by atoms with Gasteiger partial charge in [0.25, 0.3) is 0 Å². The van der Waals surface area contributed by atoms with Gasteiger partial charge in [0, 0.05) is 42.6 Å². The lowest BCUT2D eigenvalue weighted by molar-refractivity contribution is -0.135. The number of hydrogen-bond donors (Lipinski definition) is 3. The highest BCUT2D eigenvalue weighted by molar-refractivity contribution is 6.31. The minimum Gasteiger partial charge on any atom is -0.480 e. The predicted octanol–water partition coefficient (Wildman–Crippen LogP) is 4.74. The quantitative estimate of drug-likeness (QED) is 0.362. The molecule has 3 aromatic rings. The Bertz CT molecular complexity index is 1410. The average Bonchev–Trinajstić information content (AvgIpc) is 2.95. The Morgan fingerprint density at radius 1 is 1.16 bits per heavy atom. The van der Waals surface area contributed by atoms with E-state index in [1.165, 1.54) is 23.2 Å². The van der Waals surface area contributed by atoms with Crippen LogP contribution >= 0.6 is 11.6 Å². The molecule has 9 nitrogen and oxygen atoms in total. The number of benzene rings is 2. The van der Waals surface area contributed by atoms with Crippen LogP contribution in [0.1, 0.15) is 12.5 Å². The molecule has 4 rings (SSSR count). The maximum atomic E-state index is 15.5. The monoisotopic (exact) mass is 526 g/mol. The van der Waals surface area contributed by atoms with Gasteiger partial charge in [-0.05, 0) is 37.3 Å². The second-order valence-corrected chi connectivity index (χ2v) is 8.45. The maximum absolute atomic E-state index is 15.5. The molecule has 0 saturated heterocycles. The van der Waals surface area contributed by atoms with Gasteiger partial charge in [-0.2, -0.15) is 5.26 Å². The molecule has 12 heteroatoms. The van der Waals surface area contributed by atoms with Gasteiger partial charge in [0.2, 0.25) is 0 Å². The number of halogens is 3. The molecule has 1 aliphatic rings. The molecule has 0 spiro atoms. The number of carboxylic acid groups (broad SMARTS) is 1. The molecular formula is C25H21ClF2N6O3. The number of aliphatic carboxylic acids is 1. The van der Waals surface area contributed by atoms with E-state index in [1.54, 1.807) is 19.1 Å². The molecule has 0 atom stereocenters. The Kier molecular flexibility index (Phi) is 7.52. The van der Waals surface area contributed by atoms with Crippen LogP contribution in [0.25, 0.3) is 11.1 Å². The summed E-state index contributed by atoms with van der Waals surface area (Å²) in [7, 11) is 0.